The van der Waals surface area contributed by atoms with Crippen LogP contribution >= 0.6 is 0 Å². The molecular formula is C17H22N2. The zero-order valence-electron chi connectivity index (χ0n) is 11.7. The van der Waals surface area contributed by atoms with Gasteiger partial charge in [-0.25, -0.2) is 0 Å². The maximum atomic E-state index is 5.71. The van der Waals surface area contributed by atoms with Crippen LogP contribution in [0.2, 0.25) is 0 Å². The van der Waals surface area contributed by atoms with Crippen molar-refractivity contribution in [2.75, 3.05) is 5.73 Å². The van der Waals surface area contributed by atoms with Crippen molar-refractivity contribution in [1.29, 1.82) is 0 Å². The first-order valence-corrected chi connectivity index (χ1v) is 6.41. The van der Waals surface area contributed by atoms with Crippen molar-refractivity contribution in [1.82, 2.24) is 0 Å². The lowest BCUT2D eigenvalue weighted by molar-refractivity contribution is 1.18. The van der Waals surface area contributed by atoms with E-state index >= 15 is 0 Å². The minimum atomic E-state index is 0.754. The number of hydrogen-bond acceptors (Lipinski definition) is 2. The third-order valence-electron chi connectivity index (χ3n) is 2.92. The molecule has 1 rings (SSSR count). The third-order valence-corrected chi connectivity index (χ3v) is 2.92. The van der Waals surface area contributed by atoms with Crippen molar-refractivity contribution >= 4 is 11.3 Å². The van der Waals surface area contributed by atoms with Crippen LogP contribution in [0.3, 0.4) is 0 Å². The van der Waals surface area contributed by atoms with Crippen LogP contribution in [-0.4, -0.2) is 0 Å². The molecule has 1 aromatic carbocycles. The predicted molar refractivity (Wildman–Crippen MR) is 85.3 cm³/mol. The van der Waals surface area contributed by atoms with Crippen molar-refractivity contribution < 1.29 is 0 Å². The second kappa shape index (κ2) is 7.27. The van der Waals surface area contributed by atoms with Gasteiger partial charge >= 0.3 is 0 Å². The number of allylic oxidation sites excluding steroid dienone is 6. The lowest BCUT2D eigenvalue weighted by atomic mass is 9.99. The first-order chi connectivity index (χ1) is 9.12. The van der Waals surface area contributed by atoms with E-state index in [1.165, 1.54) is 5.57 Å². The van der Waals surface area contributed by atoms with Crippen LogP contribution in [0, 0.1) is 0 Å². The van der Waals surface area contributed by atoms with E-state index in [-0.39, 0.29) is 0 Å². The van der Waals surface area contributed by atoms with Gasteiger partial charge in [0.05, 0.1) is 0 Å². The van der Waals surface area contributed by atoms with Crippen LogP contribution in [0.25, 0.3) is 5.57 Å². The van der Waals surface area contributed by atoms with Gasteiger partial charge in [0.25, 0.3) is 0 Å². The van der Waals surface area contributed by atoms with Crippen molar-refractivity contribution in [2.45, 2.75) is 20.3 Å². The minimum Gasteiger partial charge on any atom is -0.404 e. The third kappa shape index (κ3) is 4.18. The number of benzene rings is 1. The summed E-state index contributed by atoms with van der Waals surface area (Å²) in [6.07, 6.45) is 8.64. The molecule has 4 N–H and O–H groups in total. The quantitative estimate of drug-likeness (QED) is 0.615. The zero-order valence-corrected chi connectivity index (χ0v) is 11.7. The Morgan fingerprint density at radius 2 is 1.89 bits per heavy atom. The topological polar surface area (TPSA) is 52.0 Å². The van der Waals surface area contributed by atoms with Gasteiger partial charge in [0.15, 0.2) is 0 Å². The summed E-state index contributed by atoms with van der Waals surface area (Å²) in [6.45, 7) is 8.03. The molecule has 0 saturated carbocycles. The SMILES string of the molecule is C=C\C(=C/C(=C/N)C(/C)=C\CC)c1ccc(N)cc1. The van der Waals surface area contributed by atoms with E-state index in [0.717, 1.165) is 28.8 Å². The van der Waals surface area contributed by atoms with E-state index in [1.54, 1.807) is 6.20 Å². The Bertz CT molecular complexity index is 517. The molecule has 0 aliphatic heterocycles. The van der Waals surface area contributed by atoms with Crippen molar-refractivity contribution in [3.63, 3.8) is 0 Å². The van der Waals surface area contributed by atoms with Gasteiger partial charge in [-0.1, -0.05) is 37.8 Å². The molecule has 0 saturated heterocycles. The summed E-state index contributed by atoms with van der Waals surface area (Å²) in [5.41, 5.74) is 16.4. The molecule has 0 atom stereocenters. The molecule has 2 nitrogen and oxygen atoms in total. The summed E-state index contributed by atoms with van der Waals surface area (Å²) in [5, 5.41) is 0. The smallest absolute Gasteiger partial charge is 0.0314 e. The Balaban J connectivity index is 3.15. The molecule has 0 aliphatic rings. The van der Waals surface area contributed by atoms with Crippen LogP contribution in [0.15, 0.2) is 66.4 Å². The molecule has 100 valence electrons. The van der Waals surface area contributed by atoms with Crippen LogP contribution in [-0.2, 0) is 0 Å². The van der Waals surface area contributed by atoms with Gasteiger partial charge in [-0.3, -0.25) is 0 Å². The van der Waals surface area contributed by atoms with E-state index in [0.29, 0.717) is 0 Å². The van der Waals surface area contributed by atoms with Crippen LogP contribution < -0.4 is 11.5 Å². The highest BCUT2D eigenvalue weighted by atomic mass is 14.5. The molecule has 0 spiro atoms. The molecule has 19 heavy (non-hydrogen) atoms. The normalized spacial score (nSPS) is 13.5. The summed E-state index contributed by atoms with van der Waals surface area (Å²) >= 11 is 0. The molecule has 0 aromatic heterocycles. The number of nitrogen functional groups attached to an aromatic ring is 1. The van der Waals surface area contributed by atoms with Gasteiger partial charge in [0.2, 0.25) is 0 Å². The lowest BCUT2D eigenvalue weighted by Crippen LogP contribution is -1.91. The fraction of sp³-hybridized carbons (Fsp3) is 0.176. The van der Waals surface area contributed by atoms with Gasteiger partial charge in [-0.05, 0) is 53.8 Å². The van der Waals surface area contributed by atoms with Gasteiger partial charge in [-0.15, -0.1) is 0 Å². The monoisotopic (exact) mass is 254 g/mol. The molecule has 2 heteroatoms. The first-order valence-electron chi connectivity index (χ1n) is 6.41. The minimum absolute atomic E-state index is 0.754. The standard InChI is InChI=1S/C17H22N2/c1-4-6-13(3)16(12-18)11-14(5-2)15-7-9-17(19)10-8-15/h5-12H,2,4,18-19H2,1,3H3/b13-6-,14-11+,16-12-. The Morgan fingerprint density at radius 1 is 1.26 bits per heavy atom. The highest BCUT2D eigenvalue weighted by molar-refractivity contribution is 5.77. The lowest BCUT2D eigenvalue weighted by Gasteiger charge is -2.07. The highest BCUT2D eigenvalue weighted by Crippen LogP contribution is 2.21. The fourth-order valence-electron chi connectivity index (χ4n) is 1.82. The van der Waals surface area contributed by atoms with Crippen LogP contribution in [0.4, 0.5) is 5.69 Å². The molecular weight excluding hydrogens is 232 g/mol. The summed E-state index contributed by atoms with van der Waals surface area (Å²) in [6, 6.07) is 7.73. The second-order valence-electron chi connectivity index (χ2n) is 4.34. The van der Waals surface area contributed by atoms with Gasteiger partial charge in [0.1, 0.15) is 0 Å². The zero-order chi connectivity index (χ0) is 14.3. The Labute approximate surface area is 115 Å². The molecule has 0 aliphatic carbocycles. The Morgan fingerprint density at radius 3 is 2.37 bits per heavy atom. The van der Waals surface area contributed by atoms with E-state index in [1.807, 2.05) is 36.4 Å². The molecule has 0 fully saturated rings. The van der Waals surface area contributed by atoms with E-state index < -0.39 is 0 Å². The summed E-state index contributed by atoms with van der Waals surface area (Å²) in [4.78, 5) is 0. The Hall–Kier alpha value is -2.22. The second-order valence-corrected chi connectivity index (χ2v) is 4.34. The largest absolute Gasteiger partial charge is 0.404 e. The predicted octanol–water partition coefficient (Wildman–Crippen LogP) is 4.04. The molecule has 0 amide bonds. The molecule has 1 aromatic rings. The van der Waals surface area contributed by atoms with Gasteiger partial charge in [-0.2, -0.15) is 0 Å². The fourth-order valence-corrected chi connectivity index (χ4v) is 1.82. The van der Waals surface area contributed by atoms with Crippen LogP contribution in [0.1, 0.15) is 25.8 Å². The molecule has 0 unspecified atom stereocenters. The van der Waals surface area contributed by atoms with E-state index in [4.69, 9.17) is 11.5 Å². The van der Waals surface area contributed by atoms with E-state index in [2.05, 4.69) is 26.5 Å². The molecule has 0 heterocycles. The number of rotatable bonds is 5. The summed E-state index contributed by atoms with van der Waals surface area (Å²) in [5.74, 6) is 0. The van der Waals surface area contributed by atoms with Gasteiger partial charge < -0.3 is 11.5 Å². The van der Waals surface area contributed by atoms with Crippen molar-refractivity contribution in [3.05, 3.63) is 72.0 Å². The first kappa shape index (κ1) is 14.8. The molecule has 0 radical (unpaired) electrons. The molecule has 0 bridgehead atoms. The maximum Gasteiger partial charge on any atom is 0.0314 e. The highest BCUT2D eigenvalue weighted by Gasteiger charge is 2.01. The van der Waals surface area contributed by atoms with Crippen LogP contribution in [0.5, 0.6) is 0 Å². The Kier molecular flexibility index (Phi) is 5.68. The van der Waals surface area contributed by atoms with Gasteiger partial charge in [0, 0.05) is 11.9 Å². The maximum absolute atomic E-state index is 5.71. The number of anilines is 1. The van der Waals surface area contributed by atoms with Crippen molar-refractivity contribution in [2.24, 2.45) is 5.73 Å². The number of hydrogen-bond donors (Lipinski definition) is 2. The van der Waals surface area contributed by atoms with E-state index in [9.17, 15) is 0 Å². The summed E-state index contributed by atoms with van der Waals surface area (Å²) in [7, 11) is 0. The average Bonchev–Trinajstić information content (AvgIpc) is 2.42. The summed E-state index contributed by atoms with van der Waals surface area (Å²) < 4.78 is 0. The van der Waals surface area contributed by atoms with Crippen molar-refractivity contribution in [3.8, 4) is 0 Å². The average molecular weight is 254 g/mol. The number of nitrogens with two attached hydrogens (primary N) is 2.